The van der Waals surface area contributed by atoms with Gasteiger partial charge in [-0.3, -0.25) is 0 Å². The molecule has 0 radical (unpaired) electrons. The smallest absolute Gasteiger partial charge is 0.319 e. The van der Waals surface area contributed by atoms with Crippen molar-refractivity contribution in [2.24, 2.45) is 5.73 Å². The minimum absolute atomic E-state index is 0.123. The highest BCUT2D eigenvalue weighted by Gasteiger charge is 2.39. The van der Waals surface area contributed by atoms with Crippen molar-refractivity contribution in [3.8, 4) is 0 Å². The van der Waals surface area contributed by atoms with Crippen LogP contribution < -0.4 is 11.1 Å². The van der Waals surface area contributed by atoms with Crippen LogP contribution in [0.2, 0.25) is 0 Å². The van der Waals surface area contributed by atoms with E-state index in [0.717, 1.165) is 11.1 Å². The summed E-state index contributed by atoms with van der Waals surface area (Å²) < 4.78 is 49.2. The summed E-state index contributed by atoms with van der Waals surface area (Å²) in [5.41, 5.74) is 7.16. The minimum atomic E-state index is -4.00. The molecule has 0 spiro atoms. The SMILES string of the molecule is NCCc1ccccc1CNCC(F)(F)C(F)F. The lowest BCUT2D eigenvalue weighted by Crippen LogP contribution is -2.38. The number of alkyl halides is 4. The average Bonchev–Trinajstić information content (AvgIpc) is 2.31. The van der Waals surface area contributed by atoms with Crippen LogP contribution in [-0.2, 0) is 13.0 Å². The van der Waals surface area contributed by atoms with Crippen molar-refractivity contribution in [2.75, 3.05) is 13.1 Å². The molecule has 18 heavy (non-hydrogen) atoms. The molecule has 1 rings (SSSR count). The van der Waals surface area contributed by atoms with Gasteiger partial charge >= 0.3 is 12.3 Å². The Morgan fingerprint density at radius 3 is 2.33 bits per heavy atom. The standard InChI is InChI=1S/C12H16F4N2/c13-11(14)12(15,16)8-18-7-10-4-2-1-3-9(10)5-6-17/h1-4,11,18H,5-8,17H2. The summed E-state index contributed by atoms with van der Waals surface area (Å²) in [6, 6.07) is 7.19. The first-order chi connectivity index (χ1) is 8.47. The molecule has 102 valence electrons. The number of halogens is 4. The third-order valence-corrected chi connectivity index (χ3v) is 2.53. The average molecular weight is 264 g/mol. The van der Waals surface area contributed by atoms with Crippen LogP contribution in [0.3, 0.4) is 0 Å². The molecule has 2 nitrogen and oxygen atoms in total. The third kappa shape index (κ3) is 4.27. The normalized spacial score (nSPS) is 12.1. The molecule has 3 N–H and O–H groups in total. The third-order valence-electron chi connectivity index (χ3n) is 2.53. The Bertz CT molecular complexity index is 369. The fourth-order valence-corrected chi connectivity index (χ4v) is 1.57. The maximum absolute atomic E-state index is 12.7. The zero-order valence-electron chi connectivity index (χ0n) is 9.80. The molecule has 0 unspecified atom stereocenters. The van der Waals surface area contributed by atoms with Gasteiger partial charge in [0.1, 0.15) is 0 Å². The number of nitrogens with one attached hydrogen (secondary N) is 1. The zero-order valence-corrected chi connectivity index (χ0v) is 9.80. The highest BCUT2D eigenvalue weighted by Crippen LogP contribution is 2.21. The van der Waals surface area contributed by atoms with Crippen LogP contribution in [0, 0.1) is 0 Å². The van der Waals surface area contributed by atoms with E-state index >= 15 is 0 Å². The summed E-state index contributed by atoms with van der Waals surface area (Å²) in [6.45, 7) is -0.468. The number of hydrogen-bond donors (Lipinski definition) is 2. The van der Waals surface area contributed by atoms with Gasteiger partial charge in [0, 0.05) is 6.54 Å². The van der Waals surface area contributed by atoms with Gasteiger partial charge in [-0.05, 0) is 24.1 Å². The lowest BCUT2D eigenvalue weighted by atomic mass is 10.0. The van der Waals surface area contributed by atoms with Crippen molar-refractivity contribution in [1.82, 2.24) is 5.32 Å². The lowest BCUT2D eigenvalue weighted by molar-refractivity contribution is -0.125. The van der Waals surface area contributed by atoms with Crippen molar-refractivity contribution in [2.45, 2.75) is 25.3 Å². The van der Waals surface area contributed by atoms with Crippen LogP contribution in [0.15, 0.2) is 24.3 Å². The monoisotopic (exact) mass is 264 g/mol. The summed E-state index contributed by atoms with van der Waals surface area (Å²) in [6.07, 6.45) is -3.02. The second kappa shape index (κ2) is 6.70. The second-order valence-electron chi connectivity index (χ2n) is 3.97. The molecule has 0 bridgehead atoms. The van der Waals surface area contributed by atoms with Crippen molar-refractivity contribution >= 4 is 0 Å². The Kier molecular flexibility index (Phi) is 5.55. The molecule has 0 heterocycles. The Morgan fingerprint density at radius 1 is 1.17 bits per heavy atom. The van der Waals surface area contributed by atoms with E-state index in [2.05, 4.69) is 5.32 Å². The van der Waals surface area contributed by atoms with Gasteiger partial charge in [-0.15, -0.1) is 0 Å². The van der Waals surface area contributed by atoms with Gasteiger partial charge in [-0.1, -0.05) is 24.3 Å². The first-order valence-electron chi connectivity index (χ1n) is 5.61. The van der Waals surface area contributed by atoms with E-state index < -0.39 is 18.9 Å². The first-order valence-corrected chi connectivity index (χ1v) is 5.61. The highest BCUT2D eigenvalue weighted by atomic mass is 19.3. The molecule has 0 aliphatic heterocycles. The predicted molar refractivity (Wildman–Crippen MR) is 61.9 cm³/mol. The van der Waals surface area contributed by atoms with Crippen LogP contribution >= 0.6 is 0 Å². The van der Waals surface area contributed by atoms with Crippen molar-refractivity contribution in [3.63, 3.8) is 0 Å². The van der Waals surface area contributed by atoms with E-state index in [1.54, 1.807) is 12.1 Å². The summed E-state index contributed by atoms with van der Waals surface area (Å²) in [7, 11) is 0. The maximum Gasteiger partial charge on any atom is 0.319 e. The van der Waals surface area contributed by atoms with Gasteiger partial charge in [0.05, 0.1) is 6.54 Å². The van der Waals surface area contributed by atoms with E-state index in [4.69, 9.17) is 5.73 Å². The lowest BCUT2D eigenvalue weighted by Gasteiger charge is -2.16. The molecular weight excluding hydrogens is 248 g/mol. The van der Waals surface area contributed by atoms with E-state index in [-0.39, 0.29) is 6.54 Å². The van der Waals surface area contributed by atoms with Gasteiger partial charge in [-0.2, -0.15) is 8.78 Å². The summed E-state index contributed by atoms with van der Waals surface area (Å²) in [4.78, 5) is 0. The number of benzene rings is 1. The largest absolute Gasteiger partial charge is 0.330 e. The Hall–Kier alpha value is -1.14. The second-order valence-corrected chi connectivity index (χ2v) is 3.97. The zero-order chi connectivity index (χ0) is 13.6. The fraction of sp³-hybridized carbons (Fsp3) is 0.500. The topological polar surface area (TPSA) is 38.0 Å². The fourth-order valence-electron chi connectivity index (χ4n) is 1.57. The van der Waals surface area contributed by atoms with E-state index in [9.17, 15) is 17.6 Å². The van der Waals surface area contributed by atoms with E-state index in [1.165, 1.54) is 0 Å². The molecule has 0 fully saturated rings. The maximum atomic E-state index is 12.7. The summed E-state index contributed by atoms with van der Waals surface area (Å²) in [5.74, 6) is -4.00. The molecule has 0 aromatic heterocycles. The molecule has 0 aliphatic carbocycles. The summed E-state index contributed by atoms with van der Waals surface area (Å²) >= 11 is 0. The van der Waals surface area contributed by atoms with Crippen molar-refractivity contribution in [1.29, 1.82) is 0 Å². The molecule has 0 saturated carbocycles. The number of rotatable bonds is 7. The van der Waals surface area contributed by atoms with Crippen LogP contribution in [0.25, 0.3) is 0 Å². The van der Waals surface area contributed by atoms with E-state index in [1.807, 2.05) is 12.1 Å². The van der Waals surface area contributed by atoms with Crippen LogP contribution in [-0.4, -0.2) is 25.4 Å². The van der Waals surface area contributed by atoms with Gasteiger partial charge < -0.3 is 11.1 Å². The molecule has 0 saturated heterocycles. The number of hydrogen-bond acceptors (Lipinski definition) is 2. The van der Waals surface area contributed by atoms with Gasteiger partial charge in [0.25, 0.3) is 0 Å². The predicted octanol–water partition coefficient (Wildman–Crippen LogP) is 2.18. The van der Waals surface area contributed by atoms with Crippen LogP contribution in [0.5, 0.6) is 0 Å². The highest BCUT2D eigenvalue weighted by molar-refractivity contribution is 5.27. The van der Waals surface area contributed by atoms with Gasteiger partial charge in [0.15, 0.2) is 0 Å². The van der Waals surface area contributed by atoms with Crippen LogP contribution in [0.4, 0.5) is 17.6 Å². The Morgan fingerprint density at radius 2 is 1.78 bits per heavy atom. The van der Waals surface area contributed by atoms with Gasteiger partial charge in [-0.25, -0.2) is 8.78 Å². The van der Waals surface area contributed by atoms with Gasteiger partial charge in [0.2, 0.25) is 0 Å². The summed E-state index contributed by atoms with van der Waals surface area (Å²) in [5, 5.41) is 2.35. The van der Waals surface area contributed by atoms with Crippen LogP contribution in [0.1, 0.15) is 11.1 Å². The Labute approximate surface area is 103 Å². The molecular formula is C12H16F4N2. The quantitative estimate of drug-likeness (QED) is 0.741. The molecule has 1 aromatic carbocycles. The molecule has 1 aromatic rings. The molecule has 0 atom stereocenters. The molecule has 0 aliphatic rings. The number of nitrogens with two attached hydrogens (primary N) is 1. The molecule has 0 amide bonds. The minimum Gasteiger partial charge on any atom is -0.330 e. The Balaban J connectivity index is 2.53. The van der Waals surface area contributed by atoms with Crippen molar-refractivity contribution in [3.05, 3.63) is 35.4 Å². The molecule has 6 heteroatoms. The van der Waals surface area contributed by atoms with Crippen molar-refractivity contribution < 1.29 is 17.6 Å². The first kappa shape index (κ1) is 14.9. The van der Waals surface area contributed by atoms with E-state index in [0.29, 0.717) is 13.0 Å².